The lowest BCUT2D eigenvalue weighted by atomic mass is 10.2. The summed E-state index contributed by atoms with van der Waals surface area (Å²) < 4.78 is 4.99. The molecular formula is C12H12N2O2S. The maximum atomic E-state index is 11.1. The number of methoxy groups -OCH3 is 1. The van der Waals surface area contributed by atoms with Crippen LogP contribution in [0.4, 0.5) is 0 Å². The molecule has 2 aromatic rings. The van der Waals surface area contributed by atoms with E-state index in [1.54, 1.807) is 18.7 Å². The minimum absolute atomic E-state index is 0.000330. The number of hydrogen-bond donors (Lipinski definition) is 0. The van der Waals surface area contributed by atoms with Crippen molar-refractivity contribution in [1.82, 2.24) is 9.97 Å². The van der Waals surface area contributed by atoms with E-state index in [0.29, 0.717) is 18.0 Å². The Morgan fingerprint density at radius 2 is 2.29 bits per heavy atom. The number of pyridine rings is 1. The molecule has 0 aliphatic rings. The fraction of sp³-hybridized carbons (Fsp3) is 0.250. The lowest BCUT2D eigenvalue weighted by Gasteiger charge is -2.00. The van der Waals surface area contributed by atoms with E-state index in [1.165, 1.54) is 18.3 Å². The molecule has 0 saturated heterocycles. The highest BCUT2D eigenvalue weighted by atomic mass is 32.1. The van der Waals surface area contributed by atoms with Crippen LogP contribution in [0.1, 0.15) is 28.0 Å². The second-order valence-electron chi connectivity index (χ2n) is 3.57. The summed E-state index contributed by atoms with van der Waals surface area (Å²) in [5.41, 5.74) is 1.58. The van der Waals surface area contributed by atoms with Crippen LogP contribution in [0.25, 0.3) is 0 Å². The third kappa shape index (κ3) is 2.88. The minimum Gasteiger partial charge on any atom is -0.481 e. The Labute approximate surface area is 103 Å². The lowest BCUT2D eigenvalue weighted by Crippen LogP contribution is -1.94. The first-order valence-corrected chi connectivity index (χ1v) is 6.01. The lowest BCUT2D eigenvalue weighted by molar-refractivity contribution is 0.101. The molecule has 17 heavy (non-hydrogen) atoms. The van der Waals surface area contributed by atoms with Crippen LogP contribution in [0.5, 0.6) is 5.88 Å². The summed E-state index contributed by atoms with van der Waals surface area (Å²) in [6, 6.07) is 3.76. The summed E-state index contributed by atoms with van der Waals surface area (Å²) in [6.07, 6.45) is 2.45. The van der Waals surface area contributed by atoms with Gasteiger partial charge >= 0.3 is 0 Å². The van der Waals surface area contributed by atoms with Crippen LogP contribution in [0.3, 0.4) is 0 Å². The highest BCUT2D eigenvalue weighted by Gasteiger charge is 2.06. The van der Waals surface area contributed by atoms with Crippen LogP contribution >= 0.6 is 11.3 Å². The zero-order valence-corrected chi connectivity index (χ0v) is 10.5. The molecule has 0 aromatic carbocycles. The van der Waals surface area contributed by atoms with Crippen LogP contribution in [0, 0.1) is 0 Å². The minimum atomic E-state index is 0.000330. The molecule has 0 radical (unpaired) electrons. The van der Waals surface area contributed by atoms with E-state index in [4.69, 9.17) is 4.74 Å². The van der Waals surface area contributed by atoms with Crippen molar-refractivity contribution in [3.05, 3.63) is 40.0 Å². The molecule has 4 nitrogen and oxygen atoms in total. The number of hydrogen-bond acceptors (Lipinski definition) is 5. The molecule has 0 amide bonds. The second kappa shape index (κ2) is 5.05. The average Bonchev–Trinajstić information content (AvgIpc) is 2.79. The first kappa shape index (κ1) is 11.7. The first-order chi connectivity index (χ1) is 8.19. The van der Waals surface area contributed by atoms with Crippen molar-refractivity contribution in [2.24, 2.45) is 0 Å². The van der Waals surface area contributed by atoms with Gasteiger partial charge in [-0.05, 0) is 5.56 Å². The quantitative estimate of drug-likeness (QED) is 0.779. The van der Waals surface area contributed by atoms with Gasteiger partial charge in [-0.3, -0.25) is 4.79 Å². The number of Topliss-reactive ketones (excluding diaryl/α,β-unsaturated/α-hetero) is 1. The van der Waals surface area contributed by atoms with Crippen LogP contribution in [-0.4, -0.2) is 22.9 Å². The molecule has 0 bridgehead atoms. The van der Waals surface area contributed by atoms with Crippen molar-refractivity contribution in [2.45, 2.75) is 13.3 Å². The molecule has 2 rings (SSSR count). The molecule has 0 saturated carbocycles. The topological polar surface area (TPSA) is 52.1 Å². The summed E-state index contributed by atoms with van der Waals surface area (Å²) >= 11 is 1.49. The van der Waals surface area contributed by atoms with Gasteiger partial charge in [-0.2, -0.15) is 0 Å². The highest BCUT2D eigenvalue weighted by molar-refractivity contribution is 7.09. The third-order valence-corrected chi connectivity index (χ3v) is 3.12. The molecule has 0 aliphatic carbocycles. The van der Waals surface area contributed by atoms with Crippen LogP contribution < -0.4 is 4.74 Å². The molecule has 0 N–H and O–H groups in total. The van der Waals surface area contributed by atoms with Crippen molar-refractivity contribution < 1.29 is 9.53 Å². The number of rotatable bonds is 4. The van der Waals surface area contributed by atoms with Crippen LogP contribution in [-0.2, 0) is 6.42 Å². The molecular weight excluding hydrogens is 236 g/mol. The number of aromatic nitrogens is 2. The summed E-state index contributed by atoms with van der Waals surface area (Å²) in [6.45, 7) is 1.52. The maximum Gasteiger partial charge on any atom is 0.212 e. The average molecular weight is 248 g/mol. The van der Waals surface area contributed by atoms with Crippen LogP contribution in [0.15, 0.2) is 23.7 Å². The van der Waals surface area contributed by atoms with E-state index >= 15 is 0 Å². The number of ketones is 1. The second-order valence-corrected chi connectivity index (χ2v) is 4.51. The zero-order chi connectivity index (χ0) is 12.3. The van der Waals surface area contributed by atoms with E-state index in [0.717, 1.165) is 10.6 Å². The van der Waals surface area contributed by atoms with Crippen molar-refractivity contribution in [1.29, 1.82) is 0 Å². The summed E-state index contributed by atoms with van der Waals surface area (Å²) in [4.78, 5) is 19.5. The molecule has 0 fully saturated rings. The predicted octanol–water partition coefficient (Wildman–Crippen LogP) is 2.34. The van der Waals surface area contributed by atoms with Gasteiger partial charge in [-0.25, -0.2) is 9.97 Å². The molecule has 0 atom stereocenters. The SMILES string of the molecule is COc1ccc(Cc2nc(C(C)=O)cs2)cn1. The van der Waals surface area contributed by atoms with E-state index < -0.39 is 0 Å². The Balaban J connectivity index is 2.11. The fourth-order valence-corrected chi connectivity index (χ4v) is 2.23. The Bertz CT molecular complexity index is 520. The fourth-order valence-electron chi connectivity index (χ4n) is 1.36. The van der Waals surface area contributed by atoms with Gasteiger partial charge in [0, 0.05) is 31.0 Å². The molecule has 2 heterocycles. The Morgan fingerprint density at radius 1 is 1.47 bits per heavy atom. The number of carbonyl (C=O) groups excluding carboxylic acids is 1. The van der Waals surface area contributed by atoms with Gasteiger partial charge in [0.05, 0.1) is 12.1 Å². The van der Waals surface area contributed by atoms with Gasteiger partial charge in [0.15, 0.2) is 5.78 Å². The molecule has 0 unspecified atom stereocenters. The molecule has 2 aromatic heterocycles. The third-order valence-electron chi connectivity index (χ3n) is 2.27. The number of carbonyl (C=O) groups is 1. The normalized spacial score (nSPS) is 10.2. The summed E-state index contributed by atoms with van der Waals surface area (Å²) in [5.74, 6) is 0.595. The van der Waals surface area contributed by atoms with E-state index in [2.05, 4.69) is 9.97 Å². The Hall–Kier alpha value is -1.75. The summed E-state index contributed by atoms with van der Waals surface area (Å²) in [5, 5.41) is 2.71. The summed E-state index contributed by atoms with van der Waals surface area (Å²) in [7, 11) is 1.59. The smallest absolute Gasteiger partial charge is 0.212 e. The van der Waals surface area contributed by atoms with Crippen LogP contribution in [0.2, 0.25) is 0 Å². The van der Waals surface area contributed by atoms with Gasteiger partial charge in [0.25, 0.3) is 0 Å². The number of nitrogens with zero attached hydrogens (tertiary/aromatic N) is 2. The maximum absolute atomic E-state index is 11.1. The molecule has 0 aliphatic heterocycles. The number of thiazole rings is 1. The van der Waals surface area contributed by atoms with Crippen molar-refractivity contribution >= 4 is 17.1 Å². The Morgan fingerprint density at radius 3 is 2.82 bits per heavy atom. The van der Waals surface area contributed by atoms with Crippen molar-refractivity contribution in [2.75, 3.05) is 7.11 Å². The van der Waals surface area contributed by atoms with Gasteiger partial charge in [-0.15, -0.1) is 11.3 Å². The molecule has 88 valence electrons. The molecule has 5 heteroatoms. The standard InChI is InChI=1S/C12H12N2O2S/c1-8(15)10-7-17-12(14-10)5-9-3-4-11(16-2)13-6-9/h3-4,6-7H,5H2,1-2H3. The molecule has 0 spiro atoms. The van der Waals surface area contributed by atoms with Crippen molar-refractivity contribution in [3.8, 4) is 5.88 Å². The van der Waals surface area contributed by atoms with Gasteiger partial charge < -0.3 is 4.74 Å². The number of ether oxygens (including phenoxy) is 1. The van der Waals surface area contributed by atoms with Gasteiger partial charge in [0.1, 0.15) is 5.69 Å². The van der Waals surface area contributed by atoms with Gasteiger partial charge in [-0.1, -0.05) is 6.07 Å². The predicted molar refractivity (Wildman–Crippen MR) is 65.7 cm³/mol. The van der Waals surface area contributed by atoms with Gasteiger partial charge in [0.2, 0.25) is 5.88 Å². The van der Waals surface area contributed by atoms with Crippen molar-refractivity contribution in [3.63, 3.8) is 0 Å². The van der Waals surface area contributed by atoms with E-state index in [9.17, 15) is 4.79 Å². The first-order valence-electron chi connectivity index (χ1n) is 5.13. The highest BCUT2D eigenvalue weighted by Crippen LogP contribution is 2.16. The van der Waals surface area contributed by atoms with E-state index in [1.807, 2.05) is 12.1 Å². The zero-order valence-electron chi connectivity index (χ0n) is 9.64. The largest absolute Gasteiger partial charge is 0.481 e. The van der Waals surface area contributed by atoms with E-state index in [-0.39, 0.29) is 5.78 Å². The monoisotopic (exact) mass is 248 g/mol. The Kier molecular flexibility index (Phi) is 3.49.